The zero-order chi connectivity index (χ0) is 8.39. The van der Waals surface area contributed by atoms with Crippen LogP contribution >= 0.6 is 0 Å². The molecule has 0 unspecified atom stereocenters. The molecule has 1 fully saturated rings. The molecule has 0 spiro atoms. The van der Waals surface area contributed by atoms with Crippen molar-refractivity contribution in [3.63, 3.8) is 0 Å². The van der Waals surface area contributed by atoms with Crippen molar-refractivity contribution in [3.8, 4) is 0 Å². The smallest absolute Gasteiger partial charge is 0.0762 e. The van der Waals surface area contributed by atoms with Gasteiger partial charge < -0.3 is 5.32 Å². The van der Waals surface area contributed by atoms with E-state index in [4.69, 9.17) is 0 Å². The first-order valence-corrected chi connectivity index (χ1v) is 4.54. The van der Waals surface area contributed by atoms with Crippen LogP contribution in [0.2, 0.25) is 0 Å². The van der Waals surface area contributed by atoms with Crippen molar-refractivity contribution in [2.24, 2.45) is 13.0 Å². The van der Waals surface area contributed by atoms with Crippen LogP contribution in [0.25, 0.3) is 0 Å². The van der Waals surface area contributed by atoms with Gasteiger partial charge in [-0.2, -0.15) is 5.10 Å². The minimum atomic E-state index is 0.914. The first-order chi connectivity index (χ1) is 5.84. The van der Waals surface area contributed by atoms with Gasteiger partial charge in [0.1, 0.15) is 0 Å². The Kier molecular flexibility index (Phi) is 2.13. The maximum Gasteiger partial charge on any atom is 0.0762 e. The number of hydrogen-bond acceptors (Lipinski definition) is 2. The van der Waals surface area contributed by atoms with Crippen molar-refractivity contribution < 1.29 is 0 Å². The van der Waals surface area contributed by atoms with Gasteiger partial charge in [0.25, 0.3) is 0 Å². The summed E-state index contributed by atoms with van der Waals surface area (Å²) in [5.41, 5.74) is 1.14. The fourth-order valence-electron chi connectivity index (χ4n) is 1.28. The lowest BCUT2D eigenvalue weighted by Gasteiger charge is -1.98. The van der Waals surface area contributed by atoms with Crippen molar-refractivity contribution in [1.29, 1.82) is 0 Å². The van der Waals surface area contributed by atoms with E-state index in [1.54, 1.807) is 0 Å². The Labute approximate surface area is 72.8 Å². The quantitative estimate of drug-likeness (QED) is 0.719. The zero-order valence-corrected chi connectivity index (χ0v) is 7.45. The second kappa shape index (κ2) is 3.27. The highest BCUT2D eigenvalue weighted by Gasteiger charge is 2.20. The molecule has 66 valence electrons. The zero-order valence-electron chi connectivity index (χ0n) is 7.45. The second-order valence-electron chi connectivity index (χ2n) is 3.56. The maximum atomic E-state index is 4.28. The van der Waals surface area contributed by atoms with Gasteiger partial charge in [-0.3, -0.25) is 4.68 Å². The van der Waals surface area contributed by atoms with Gasteiger partial charge in [0.15, 0.2) is 0 Å². The number of rotatable bonds is 4. The van der Waals surface area contributed by atoms with Crippen molar-refractivity contribution in [2.75, 3.05) is 6.54 Å². The van der Waals surface area contributed by atoms with Crippen LogP contribution in [0, 0.1) is 5.92 Å². The van der Waals surface area contributed by atoms with Crippen LogP contribution in [-0.2, 0) is 13.6 Å². The number of nitrogens with zero attached hydrogens (tertiary/aromatic N) is 2. The van der Waals surface area contributed by atoms with Crippen LogP contribution in [0.3, 0.4) is 0 Å². The van der Waals surface area contributed by atoms with Gasteiger partial charge in [-0.05, 0) is 31.4 Å². The summed E-state index contributed by atoms with van der Waals surface area (Å²) in [6.45, 7) is 2.08. The lowest BCUT2D eigenvalue weighted by molar-refractivity contribution is 0.619. The van der Waals surface area contributed by atoms with E-state index in [1.165, 1.54) is 12.8 Å². The van der Waals surface area contributed by atoms with Crippen LogP contribution < -0.4 is 5.32 Å². The molecule has 12 heavy (non-hydrogen) atoms. The molecular weight excluding hydrogens is 150 g/mol. The molecule has 1 aliphatic carbocycles. The monoisotopic (exact) mass is 165 g/mol. The predicted molar refractivity (Wildman–Crippen MR) is 47.6 cm³/mol. The van der Waals surface area contributed by atoms with E-state index in [0.717, 1.165) is 24.7 Å². The molecule has 0 bridgehead atoms. The summed E-state index contributed by atoms with van der Waals surface area (Å²) in [7, 11) is 1.95. The van der Waals surface area contributed by atoms with E-state index >= 15 is 0 Å². The van der Waals surface area contributed by atoms with E-state index in [1.807, 2.05) is 17.9 Å². The highest BCUT2D eigenvalue weighted by atomic mass is 15.3. The minimum absolute atomic E-state index is 0.914. The largest absolute Gasteiger partial charge is 0.311 e. The molecule has 1 N–H and O–H groups in total. The predicted octanol–water partition coefficient (Wildman–Crippen LogP) is 0.920. The summed E-state index contributed by atoms with van der Waals surface area (Å²) in [6, 6.07) is 2.06. The van der Waals surface area contributed by atoms with Gasteiger partial charge in [0.05, 0.1) is 5.69 Å². The van der Waals surface area contributed by atoms with Crippen molar-refractivity contribution >= 4 is 0 Å². The first-order valence-electron chi connectivity index (χ1n) is 4.54. The molecule has 3 heteroatoms. The minimum Gasteiger partial charge on any atom is -0.311 e. The third-order valence-electron chi connectivity index (χ3n) is 2.20. The summed E-state index contributed by atoms with van der Waals surface area (Å²) in [6.07, 6.45) is 4.80. The van der Waals surface area contributed by atoms with Gasteiger partial charge in [0, 0.05) is 19.8 Å². The third-order valence-corrected chi connectivity index (χ3v) is 2.20. The second-order valence-corrected chi connectivity index (χ2v) is 3.56. The van der Waals surface area contributed by atoms with Crippen LogP contribution in [0.5, 0.6) is 0 Å². The van der Waals surface area contributed by atoms with Gasteiger partial charge in [0.2, 0.25) is 0 Å². The van der Waals surface area contributed by atoms with Gasteiger partial charge >= 0.3 is 0 Å². The van der Waals surface area contributed by atoms with Crippen molar-refractivity contribution in [1.82, 2.24) is 15.1 Å². The fourth-order valence-corrected chi connectivity index (χ4v) is 1.28. The molecule has 0 radical (unpaired) electrons. The highest BCUT2D eigenvalue weighted by molar-refractivity contribution is 4.98. The lowest BCUT2D eigenvalue weighted by atomic mass is 10.4. The fraction of sp³-hybridized carbons (Fsp3) is 0.667. The van der Waals surface area contributed by atoms with Gasteiger partial charge in [-0.25, -0.2) is 0 Å². The molecule has 2 rings (SSSR count). The summed E-state index contributed by atoms with van der Waals surface area (Å²) < 4.78 is 1.84. The van der Waals surface area contributed by atoms with E-state index in [2.05, 4.69) is 16.5 Å². The van der Waals surface area contributed by atoms with Crippen LogP contribution in [-0.4, -0.2) is 16.3 Å². The van der Waals surface area contributed by atoms with Crippen molar-refractivity contribution in [3.05, 3.63) is 18.0 Å². The summed E-state index contributed by atoms with van der Waals surface area (Å²) in [5, 5.41) is 7.68. The van der Waals surface area contributed by atoms with Crippen LogP contribution in [0.15, 0.2) is 12.3 Å². The molecule has 1 aromatic rings. The normalized spacial score (nSPS) is 16.8. The Morgan fingerprint density at radius 1 is 1.67 bits per heavy atom. The molecule has 0 saturated heterocycles. The van der Waals surface area contributed by atoms with E-state index in [-0.39, 0.29) is 0 Å². The molecule has 0 aromatic carbocycles. The van der Waals surface area contributed by atoms with E-state index < -0.39 is 0 Å². The van der Waals surface area contributed by atoms with Crippen molar-refractivity contribution in [2.45, 2.75) is 19.4 Å². The van der Waals surface area contributed by atoms with Gasteiger partial charge in [-0.15, -0.1) is 0 Å². The van der Waals surface area contributed by atoms with Crippen LogP contribution in [0.1, 0.15) is 18.5 Å². The molecule has 3 nitrogen and oxygen atoms in total. The Bertz CT molecular complexity index is 250. The van der Waals surface area contributed by atoms with E-state index in [9.17, 15) is 0 Å². The van der Waals surface area contributed by atoms with E-state index in [0.29, 0.717) is 0 Å². The summed E-state index contributed by atoms with van der Waals surface area (Å²) in [5.74, 6) is 0.953. The Morgan fingerprint density at radius 2 is 2.50 bits per heavy atom. The first kappa shape index (κ1) is 7.80. The average molecular weight is 165 g/mol. The molecule has 0 aliphatic heterocycles. The molecular formula is C9H15N3. The van der Waals surface area contributed by atoms with Gasteiger partial charge in [-0.1, -0.05) is 0 Å². The maximum absolute atomic E-state index is 4.28. The number of nitrogens with one attached hydrogen (secondary N) is 1. The molecule has 1 aliphatic rings. The molecule has 0 atom stereocenters. The Morgan fingerprint density at radius 3 is 3.08 bits per heavy atom. The van der Waals surface area contributed by atoms with Crippen LogP contribution in [0.4, 0.5) is 0 Å². The number of aromatic nitrogens is 2. The third kappa shape index (κ3) is 2.08. The standard InChI is InChI=1S/C9H15N3/c1-12-5-4-9(11-12)7-10-6-8-2-3-8/h4-5,8,10H,2-3,6-7H2,1H3. The Hall–Kier alpha value is -0.830. The molecule has 1 aromatic heterocycles. The molecule has 1 heterocycles. The lowest BCUT2D eigenvalue weighted by Crippen LogP contribution is -2.16. The summed E-state index contributed by atoms with van der Waals surface area (Å²) >= 11 is 0. The summed E-state index contributed by atoms with van der Waals surface area (Å²) in [4.78, 5) is 0. The SMILES string of the molecule is Cn1ccc(CNCC2CC2)n1. The molecule has 1 saturated carbocycles. The topological polar surface area (TPSA) is 29.9 Å². The molecule has 0 amide bonds. The number of hydrogen-bond donors (Lipinski definition) is 1. The average Bonchev–Trinajstić information content (AvgIpc) is 2.76. The Balaban J connectivity index is 1.71. The highest BCUT2D eigenvalue weighted by Crippen LogP contribution is 2.27. The number of aryl methyl sites for hydroxylation is 1.